The molecule has 0 bridgehead atoms. The van der Waals surface area contributed by atoms with Crippen molar-refractivity contribution in [1.82, 2.24) is 4.90 Å². The molecule has 1 fully saturated rings. The van der Waals surface area contributed by atoms with Gasteiger partial charge in [0.15, 0.2) is 5.84 Å². The normalized spacial score (nSPS) is 18.5. The molecular weight excluding hydrogens is 218 g/mol. The zero-order valence-electron chi connectivity index (χ0n) is 10.9. The highest BCUT2D eigenvalue weighted by molar-refractivity contribution is 5.81. The first-order valence-corrected chi connectivity index (χ1v) is 6.45. The van der Waals surface area contributed by atoms with Crippen LogP contribution in [-0.4, -0.2) is 47.8 Å². The maximum atomic E-state index is 8.65. The molecule has 17 heavy (non-hydrogen) atoms. The number of nitrogens with zero attached hydrogens (tertiary/aromatic N) is 2. The summed E-state index contributed by atoms with van der Waals surface area (Å²) in [6, 6.07) is 0.561. The summed E-state index contributed by atoms with van der Waals surface area (Å²) in [6.07, 6.45) is 5.23. The fourth-order valence-electron chi connectivity index (χ4n) is 2.31. The summed E-state index contributed by atoms with van der Waals surface area (Å²) in [4.78, 5) is 2.27. The van der Waals surface area contributed by atoms with Crippen LogP contribution in [0.25, 0.3) is 0 Å². The summed E-state index contributed by atoms with van der Waals surface area (Å²) in [5.74, 6) is 0.279. The monoisotopic (exact) mass is 243 g/mol. The minimum atomic E-state index is 0.254. The van der Waals surface area contributed by atoms with E-state index in [9.17, 15) is 0 Å². The molecule has 0 aromatic rings. The fourth-order valence-corrected chi connectivity index (χ4v) is 2.31. The van der Waals surface area contributed by atoms with Gasteiger partial charge in [0.25, 0.3) is 0 Å². The molecule has 0 heterocycles. The average Bonchev–Trinajstić information content (AvgIpc) is 2.80. The Bertz CT molecular complexity index is 238. The lowest BCUT2D eigenvalue weighted by molar-refractivity contribution is 0.0533. The molecule has 1 saturated carbocycles. The molecule has 3 N–H and O–H groups in total. The van der Waals surface area contributed by atoms with E-state index in [2.05, 4.69) is 10.1 Å². The third-order valence-electron chi connectivity index (χ3n) is 3.16. The summed E-state index contributed by atoms with van der Waals surface area (Å²) >= 11 is 0. The summed E-state index contributed by atoms with van der Waals surface area (Å²) < 4.78 is 5.56. The summed E-state index contributed by atoms with van der Waals surface area (Å²) in [5, 5.41) is 11.7. The highest BCUT2D eigenvalue weighted by Gasteiger charge is 2.23. The molecule has 1 aliphatic rings. The number of amidine groups is 1. The number of ether oxygens (including phenoxy) is 1. The lowest BCUT2D eigenvalue weighted by Gasteiger charge is -2.28. The third-order valence-corrected chi connectivity index (χ3v) is 3.16. The molecule has 0 spiro atoms. The van der Waals surface area contributed by atoms with Gasteiger partial charge in [-0.2, -0.15) is 0 Å². The van der Waals surface area contributed by atoms with E-state index in [1.807, 2.05) is 13.8 Å². The second-order valence-corrected chi connectivity index (χ2v) is 4.92. The summed E-state index contributed by atoms with van der Waals surface area (Å²) in [6.45, 7) is 6.14. The lowest BCUT2D eigenvalue weighted by atomic mass is 10.2. The van der Waals surface area contributed by atoms with Crippen LogP contribution in [0.3, 0.4) is 0 Å². The molecule has 0 aromatic carbocycles. The highest BCUT2D eigenvalue weighted by Crippen LogP contribution is 2.23. The van der Waals surface area contributed by atoms with Crippen LogP contribution >= 0.6 is 0 Å². The number of hydrogen-bond acceptors (Lipinski definition) is 4. The highest BCUT2D eigenvalue weighted by atomic mass is 16.5. The Labute approximate surface area is 104 Å². The molecule has 0 saturated heterocycles. The van der Waals surface area contributed by atoms with E-state index in [0.29, 0.717) is 19.2 Å². The Morgan fingerprint density at radius 1 is 1.47 bits per heavy atom. The second-order valence-electron chi connectivity index (χ2n) is 4.92. The van der Waals surface area contributed by atoms with Gasteiger partial charge in [0, 0.05) is 12.6 Å². The van der Waals surface area contributed by atoms with E-state index in [1.165, 1.54) is 25.7 Å². The molecule has 0 atom stereocenters. The van der Waals surface area contributed by atoms with Crippen molar-refractivity contribution in [2.24, 2.45) is 10.9 Å². The summed E-state index contributed by atoms with van der Waals surface area (Å²) in [7, 11) is 0. The Morgan fingerprint density at radius 2 is 2.12 bits per heavy atom. The van der Waals surface area contributed by atoms with E-state index in [0.717, 1.165) is 6.54 Å². The van der Waals surface area contributed by atoms with E-state index >= 15 is 0 Å². The molecule has 0 amide bonds. The number of rotatable bonds is 7. The molecule has 1 aliphatic carbocycles. The molecular formula is C12H25N3O2. The fraction of sp³-hybridized carbons (Fsp3) is 0.917. The number of nitrogens with two attached hydrogens (primary N) is 1. The van der Waals surface area contributed by atoms with Crippen molar-refractivity contribution in [1.29, 1.82) is 0 Å². The van der Waals surface area contributed by atoms with Gasteiger partial charge in [-0.15, -0.1) is 0 Å². The van der Waals surface area contributed by atoms with Gasteiger partial charge < -0.3 is 15.7 Å². The number of oxime groups is 1. The topological polar surface area (TPSA) is 71.1 Å². The predicted octanol–water partition coefficient (Wildman–Crippen LogP) is 1.40. The zero-order valence-corrected chi connectivity index (χ0v) is 10.9. The van der Waals surface area contributed by atoms with Gasteiger partial charge in [-0.3, -0.25) is 4.90 Å². The minimum Gasteiger partial charge on any atom is -0.409 e. The quantitative estimate of drug-likeness (QED) is 0.307. The van der Waals surface area contributed by atoms with Crippen LogP contribution < -0.4 is 5.73 Å². The average molecular weight is 243 g/mol. The van der Waals surface area contributed by atoms with Gasteiger partial charge in [0.05, 0.1) is 19.3 Å². The maximum Gasteiger partial charge on any atom is 0.153 e. The van der Waals surface area contributed by atoms with Gasteiger partial charge in [-0.25, -0.2) is 0 Å². The second kappa shape index (κ2) is 7.50. The molecule has 1 rings (SSSR count). The first kappa shape index (κ1) is 14.3. The van der Waals surface area contributed by atoms with Crippen molar-refractivity contribution >= 4 is 5.84 Å². The van der Waals surface area contributed by atoms with Crippen molar-refractivity contribution in [2.45, 2.75) is 51.7 Å². The van der Waals surface area contributed by atoms with Crippen molar-refractivity contribution in [3.63, 3.8) is 0 Å². The van der Waals surface area contributed by atoms with Crippen molar-refractivity contribution < 1.29 is 9.94 Å². The van der Waals surface area contributed by atoms with Crippen LogP contribution in [0.2, 0.25) is 0 Å². The molecule has 0 unspecified atom stereocenters. The van der Waals surface area contributed by atoms with Crippen LogP contribution in [0.5, 0.6) is 0 Å². The largest absolute Gasteiger partial charge is 0.409 e. The van der Waals surface area contributed by atoms with Gasteiger partial charge in [-0.05, 0) is 26.7 Å². The Morgan fingerprint density at radius 3 is 2.65 bits per heavy atom. The van der Waals surface area contributed by atoms with E-state index in [-0.39, 0.29) is 11.9 Å². The molecule has 5 nitrogen and oxygen atoms in total. The SMILES string of the molecule is CC(C)OCCN(CC(N)=NO)C1CCCC1. The smallest absolute Gasteiger partial charge is 0.153 e. The zero-order chi connectivity index (χ0) is 12.7. The standard InChI is InChI=1S/C12H25N3O2/c1-10(2)17-8-7-15(9-12(13)14-16)11-5-3-4-6-11/h10-11,16H,3-9H2,1-2H3,(H2,13,14). The number of hydrogen-bond donors (Lipinski definition) is 2. The molecule has 5 heteroatoms. The van der Waals surface area contributed by atoms with Crippen LogP contribution in [0.15, 0.2) is 5.16 Å². The summed E-state index contributed by atoms with van der Waals surface area (Å²) in [5.41, 5.74) is 5.59. The van der Waals surface area contributed by atoms with Crippen LogP contribution in [0, 0.1) is 0 Å². The van der Waals surface area contributed by atoms with Crippen molar-refractivity contribution in [3.8, 4) is 0 Å². The molecule has 0 aliphatic heterocycles. The van der Waals surface area contributed by atoms with Gasteiger partial charge in [-0.1, -0.05) is 18.0 Å². The van der Waals surface area contributed by atoms with Crippen LogP contribution in [0.1, 0.15) is 39.5 Å². The maximum absolute atomic E-state index is 8.65. The van der Waals surface area contributed by atoms with Crippen molar-refractivity contribution in [3.05, 3.63) is 0 Å². The molecule has 0 radical (unpaired) electrons. The molecule has 100 valence electrons. The first-order valence-electron chi connectivity index (χ1n) is 6.45. The van der Waals surface area contributed by atoms with Crippen molar-refractivity contribution in [2.75, 3.05) is 19.7 Å². The van der Waals surface area contributed by atoms with E-state index < -0.39 is 0 Å². The van der Waals surface area contributed by atoms with Gasteiger partial charge in [0.2, 0.25) is 0 Å². The minimum absolute atomic E-state index is 0.254. The molecule has 0 aromatic heterocycles. The Hall–Kier alpha value is -0.810. The van der Waals surface area contributed by atoms with Gasteiger partial charge >= 0.3 is 0 Å². The Kier molecular flexibility index (Phi) is 6.29. The Balaban J connectivity index is 2.40. The van der Waals surface area contributed by atoms with Crippen LogP contribution in [0.4, 0.5) is 0 Å². The lowest BCUT2D eigenvalue weighted by Crippen LogP contribution is -2.42. The van der Waals surface area contributed by atoms with Crippen LogP contribution in [-0.2, 0) is 4.74 Å². The third kappa shape index (κ3) is 5.37. The van der Waals surface area contributed by atoms with E-state index in [1.54, 1.807) is 0 Å². The first-order chi connectivity index (χ1) is 8.13. The van der Waals surface area contributed by atoms with Gasteiger partial charge in [0.1, 0.15) is 0 Å². The predicted molar refractivity (Wildman–Crippen MR) is 68.3 cm³/mol. The van der Waals surface area contributed by atoms with E-state index in [4.69, 9.17) is 15.7 Å².